The molecule has 2 saturated heterocycles. The van der Waals surface area contributed by atoms with Crippen LogP contribution in [0.25, 0.3) is 0 Å². The SMILES string of the molecule is CC(NC(=O)C(C)N1CCN(CC(=O)N2CCOCC2)CC1)c1ccccc1. The van der Waals surface area contributed by atoms with Crippen LogP contribution in [-0.4, -0.2) is 91.6 Å². The van der Waals surface area contributed by atoms with Gasteiger partial charge in [0.25, 0.3) is 0 Å². The van der Waals surface area contributed by atoms with Gasteiger partial charge >= 0.3 is 0 Å². The van der Waals surface area contributed by atoms with E-state index in [1.807, 2.05) is 49.1 Å². The Morgan fingerprint density at radius 3 is 2.29 bits per heavy atom. The summed E-state index contributed by atoms with van der Waals surface area (Å²) in [6, 6.07) is 9.81. The lowest BCUT2D eigenvalue weighted by molar-refractivity contribution is -0.137. The van der Waals surface area contributed by atoms with Crippen LogP contribution in [0.4, 0.5) is 0 Å². The van der Waals surface area contributed by atoms with Gasteiger partial charge in [-0.05, 0) is 19.4 Å². The molecule has 28 heavy (non-hydrogen) atoms. The molecule has 2 aliphatic heterocycles. The summed E-state index contributed by atoms with van der Waals surface area (Å²) in [6.07, 6.45) is 0. The van der Waals surface area contributed by atoms with E-state index in [2.05, 4.69) is 15.1 Å². The highest BCUT2D eigenvalue weighted by Crippen LogP contribution is 2.13. The third kappa shape index (κ3) is 5.53. The second kappa shape index (κ2) is 10.0. The van der Waals surface area contributed by atoms with Crippen molar-refractivity contribution in [2.75, 3.05) is 59.0 Å². The summed E-state index contributed by atoms with van der Waals surface area (Å²) in [5.41, 5.74) is 1.11. The smallest absolute Gasteiger partial charge is 0.237 e. The number of amides is 2. The van der Waals surface area contributed by atoms with Crippen molar-refractivity contribution in [3.8, 4) is 0 Å². The summed E-state index contributed by atoms with van der Waals surface area (Å²) >= 11 is 0. The maximum atomic E-state index is 12.7. The first-order valence-electron chi connectivity index (χ1n) is 10.2. The molecule has 0 spiro atoms. The molecule has 7 heteroatoms. The molecule has 1 aromatic carbocycles. The van der Waals surface area contributed by atoms with E-state index in [9.17, 15) is 9.59 Å². The van der Waals surface area contributed by atoms with Crippen molar-refractivity contribution in [3.05, 3.63) is 35.9 Å². The van der Waals surface area contributed by atoms with E-state index >= 15 is 0 Å². The number of carbonyl (C=O) groups is 2. The monoisotopic (exact) mass is 388 g/mol. The predicted molar refractivity (Wildman–Crippen MR) is 108 cm³/mol. The Morgan fingerprint density at radius 1 is 1.00 bits per heavy atom. The van der Waals surface area contributed by atoms with E-state index in [1.165, 1.54) is 0 Å². The van der Waals surface area contributed by atoms with Gasteiger partial charge in [-0.15, -0.1) is 0 Å². The van der Waals surface area contributed by atoms with Gasteiger partial charge in [0.2, 0.25) is 11.8 Å². The predicted octanol–water partition coefficient (Wildman–Crippen LogP) is 0.729. The maximum absolute atomic E-state index is 12.7. The molecule has 1 N–H and O–H groups in total. The van der Waals surface area contributed by atoms with Crippen LogP contribution >= 0.6 is 0 Å². The number of hydrogen-bond donors (Lipinski definition) is 1. The Kier molecular flexibility index (Phi) is 7.42. The molecule has 154 valence electrons. The lowest BCUT2D eigenvalue weighted by Crippen LogP contribution is -2.55. The molecular weight excluding hydrogens is 356 g/mol. The standard InChI is InChI=1S/C21H32N4O3/c1-17(19-6-4-3-5-7-19)22-21(27)18(2)24-10-8-23(9-11-24)16-20(26)25-12-14-28-15-13-25/h3-7,17-18H,8-16H2,1-2H3,(H,22,27). The van der Waals surface area contributed by atoms with Gasteiger partial charge in [0.05, 0.1) is 31.8 Å². The fraction of sp³-hybridized carbons (Fsp3) is 0.619. The summed E-state index contributed by atoms with van der Waals surface area (Å²) < 4.78 is 5.31. The summed E-state index contributed by atoms with van der Waals surface area (Å²) in [5, 5.41) is 3.11. The molecule has 0 bridgehead atoms. The summed E-state index contributed by atoms with van der Waals surface area (Å²) in [5.74, 6) is 0.230. The third-order valence-corrected chi connectivity index (χ3v) is 5.72. The zero-order valence-corrected chi connectivity index (χ0v) is 17.0. The largest absolute Gasteiger partial charge is 0.378 e. The molecule has 0 aromatic heterocycles. The number of carbonyl (C=O) groups excluding carboxylic acids is 2. The van der Waals surface area contributed by atoms with Crippen LogP contribution < -0.4 is 5.32 Å². The van der Waals surface area contributed by atoms with Gasteiger partial charge < -0.3 is 15.0 Å². The highest BCUT2D eigenvalue weighted by molar-refractivity contribution is 5.81. The first-order chi connectivity index (χ1) is 13.5. The summed E-state index contributed by atoms with van der Waals surface area (Å²) in [7, 11) is 0. The minimum atomic E-state index is -0.178. The molecule has 0 radical (unpaired) electrons. The number of ether oxygens (including phenoxy) is 1. The van der Waals surface area contributed by atoms with Crippen LogP contribution in [-0.2, 0) is 14.3 Å². The summed E-state index contributed by atoms with van der Waals surface area (Å²) in [4.78, 5) is 31.3. The van der Waals surface area contributed by atoms with Gasteiger partial charge in [-0.25, -0.2) is 0 Å². The molecule has 0 aliphatic carbocycles. The van der Waals surface area contributed by atoms with Gasteiger partial charge in [0, 0.05) is 39.3 Å². The normalized spacial score (nSPS) is 21.1. The van der Waals surface area contributed by atoms with Gasteiger partial charge in [0.1, 0.15) is 0 Å². The molecule has 2 fully saturated rings. The Hall–Kier alpha value is -1.96. The van der Waals surface area contributed by atoms with Crippen molar-refractivity contribution < 1.29 is 14.3 Å². The molecule has 2 amide bonds. The quantitative estimate of drug-likeness (QED) is 0.778. The van der Waals surface area contributed by atoms with Crippen molar-refractivity contribution in [2.45, 2.75) is 25.9 Å². The lowest BCUT2D eigenvalue weighted by atomic mass is 10.1. The fourth-order valence-electron chi connectivity index (χ4n) is 3.74. The second-order valence-corrected chi connectivity index (χ2v) is 7.62. The fourth-order valence-corrected chi connectivity index (χ4v) is 3.74. The molecule has 2 aliphatic rings. The lowest BCUT2D eigenvalue weighted by Gasteiger charge is -2.38. The van der Waals surface area contributed by atoms with Crippen molar-refractivity contribution in [2.24, 2.45) is 0 Å². The minimum Gasteiger partial charge on any atom is -0.378 e. The van der Waals surface area contributed by atoms with Crippen LogP contribution in [0.15, 0.2) is 30.3 Å². The van der Waals surface area contributed by atoms with E-state index in [4.69, 9.17) is 4.74 Å². The molecular formula is C21H32N4O3. The van der Waals surface area contributed by atoms with Gasteiger partial charge in [0.15, 0.2) is 0 Å². The van der Waals surface area contributed by atoms with E-state index in [-0.39, 0.29) is 23.9 Å². The highest BCUT2D eigenvalue weighted by atomic mass is 16.5. The zero-order chi connectivity index (χ0) is 19.9. The van der Waals surface area contributed by atoms with Crippen LogP contribution in [0, 0.1) is 0 Å². The average molecular weight is 389 g/mol. The number of piperazine rings is 1. The van der Waals surface area contributed by atoms with Crippen LogP contribution in [0.5, 0.6) is 0 Å². The van der Waals surface area contributed by atoms with E-state index in [1.54, 1.807) is 0 Å². The molecule has 1 aromatic rings. The van der Waals surface area contributed by atoms with E-state index in [0.29, 0.717) is 32.8 Å². The van der Waals surface area contributed by atoms with Crippen LogP contribution in [0.1, 0.15) is 25.5 Å². The Bertz CT molecular complexity index is 640. The zero-order valence-electron chi connectivity index (χ0n) is 17.0. The Labute approximate surface area is 167 Å². The minimum absolute atomic E-state index is 0.0106. The Morgan fingerprint density at radius 2 is 1.64 bits per heavy atom. The van der Waals surface area contributed by atoms with Gasteiger partial charge in [-0.3, -0.25) is 19.4 Å². The number of hydrogen-bond acceptors (Lipinski definition) is 5. The average Bonchev–Trinajstić information content (AvgIpc) is 2.75. The maximum Gasteiger partial charge on any atom is 0.237 e. The van der Waals surface area contributed by atoms with Crippen LogP contribution in [0.2, 0.25) is 0 Å². The van der Waals surface area contributed by atoms with Crippen molar-refractivity contribution in [1.82, 2.24) is 20.0 Å². The van der Waals surface area contributed by atoms with E-state index in [0.717, 1.165) is 31.7 Å². The second-order valence-electron chi connectivity index (χ2n) is 7.62. The topological polar surface area (TPSA) is 65.1 Å². The summed E-state index contributed by atoms with van der Waals surface area (Å²) in [6.45, 7) is 10.3. The van der Waals surface area contributed by atoms with Crippen molar-refractivity contribution >= 4 is 11.8 Å². The van der Waals surface area contributed by atoms with E-state index < -0.39 is 0 Å². The first kappa shape index (κ1) is 20.8. The van der Waals surface area contributed by atoms with Crippen molar-refractivity contribution in [1.29, 1.82) is 0 Å². The third-order valence-electron chi connectivity index (χ3n) is 5.72. The Balaban J connectivity index is 1.42. The molecule has 7 nitrogen and oxygen atoms in total. The van der Waals surface area contributed by atoms with Gasteiger partial charge in [-0.2, -0.15) is 0 Å². The van der Waals surface area contributed by atoms with Crippen molar-refractivity contribution in [3.63, 3.8) is 0 Å². The number of rotatable bonds is 6. The first-order valence-corrected chi connectivity index (χ1v) is 10.2. The molecule has 2 heterocycles. The number of nitrogens with one attached hydrogen (secondary N) is 1. The number of benzene rings is 1. The number of nitrogens with zero attached hydrogens (tertiary/aromatic N) is 3. The number of morpholine rings is 1. The molecule has 0 saturated carbocycles. The molecule has 2 unspecified atom stereocenters. The van der Waals surface area contributed by atoms with Gasteiger partial charge in [-0.1, -0.05) is 30.3 Å². The molecule has 3 rings (SSSR count). The molecule has 2 atom stereocenters. The highest BCUT2D eigenvalue weighted by Gasteiger charge is 2.28. The van der Waals surface area contributed by atoms with Crippen LogP contribution in [0.3, 0.4) is 0 Å².